The van der Waals surface area contributed by atoms with E-state index < -0.39 is 0 Å². The molecule has 0 amide bonds. The van der Waals surface area contributed by atoms with E-state index >= 15 is 0 Å². The fourth-order valence-corrected chi connectivity index (χ4v) is 2.62. The van der Waals surface area contributed by atoms with Crippen molar-refractivity contribution in [1.29, 1.82) is 0 Å². The molecule has 104 valence electrons. The highest BCUT2D eigenvalue weighted by molar-refractivity contribution is 5.85. The highest BCUT2D eigenvalue weighted by Crippen LogP contribution is 2.26. The van der Waals surface area contributed by atoms with Crippen LogP contribution in [0.25, 0.3) is 0 Å². The minimum absolute atomic E-state index is 0.117. The summed E-state index contributed by atoms with van der Waals surface area (Å²) in [6.07, 6.45) is 2.76. The lowest BCUT2D eigenvalue weighted by Crippen LogP contribution is -2.27. The molecule has 4 nitrogen and oxygen atoms in total. The number of aryl methyl sites for hydroxylation is 1. The third-order valence-electron chi connectivity index (χ3n) is 3.80. The van der Waals surface area contributed by atoms with E-state index in [0.29, 0.717) is 18.9 Å². The molecule has 1 aromatic rings. The summed E-state index contributed by atoms with van der Waals surface area (Å²) in [5.41, 5.74) is 2.72. The molecule has 1 fully saturated rings. The van der Waals surface area contributed by atoms with E-state index in [1.165, 1.54) is 0 Å². The molecule has 0 saturated carbocycles. The zero-order valence-electron chi connectivity index (χ0n) is 12.0. The average Bonchev–Trinajstić information content (AvgIpc) is 2.80. The Bertz CT molecular complexity index is 485. The Morgan fingerprint density at radius 1 is 1.53 bits per heavy atom. The van der Waals surface area contributed by atoms with Gasteiger partial charge < -0.3 is 9.47 Å². The van der Waals surface area contributed by atoms with Crippen LogP contribution in [-0.4, -0.2) is 30.6 Å². The molecule has 2 heterocycles. The topological polar surface area (TPSA) is 48.4 Å². The molecule has 4 heteroatoms. The van der Waals surface area contributed by atoms with E-state index in [1.54, 1.807) is 13.3 Å². The second-order valence-corrected chi connectivity index (χ2v) is 5.25. The van der Waals surface area contributed by atoms with Gasteiger partial charge in [-0.2, -0.15) is 0 Å². The van der Waals surface area contributed by atoms with Crippen molar-refractivity contribution in [3.63, 3.8) is 0 Å². The molecule has 1 aliphatic heterocycles. The number of hydrogen-bond donors (Lipinski definition) is 0. The largest absolute Gasteiger partial charge is 0.496 e. The first-order chi connectivity index (χ1) is 9.04. The van der Waals surface area contributed by atoms with Crippen LogP contribution in [-0.2, 0) is 16.0 Å². The van der Waals surface area contributed by atoms with Gasteiger partial charge in [-0.15, -0.1) is 0 Å². The number of carbonyl (C=O) groups is 1. The van der Waals surface area contributed by atoms with Gasteiger partial charge in [0.15, 0.2) is 5.78 Å². The van der Waals surface area contributed by atoms with E-state index in [4.69, 9.17) is 9.47 Å². The lowest BCUT2D eigenvalue weighted by atomic mass is 9.96. The maximum Gasteiger partial charge on any atom is 0.167 e. The minimum atomic E-state index is -0.270. The van der Waals surface area contributed by atoms with Crippen molar-refractivity contribution < 1.29 is 14.3 Å². The molecule has 2 atom stereocenters. The first-order valence-corrected chi connectivity index (χ1v) is 6.68. The van der Waals surface area contributed by atoms with Gasteiger partial charge in [0.2, 0.25) is 0 Å². The summed E-state index contributed by atoms with van der Waals surface area (Å²) in [4.78, 5) is 16.6. The van der Waals surface area contributed by atoms with Gasteiger partial charge in [0.05, 0.1) is 19.2 Å². The number of pyridine rings is 1. The number of ether oxygens (including phenoxy) is 2. The minimum Gasteiger partial charge on any atom is -0.496 e. The Balaban J connectivity index is 2.17. The lowest BCUT2D eigenvalue weighted by molar-refractivity contribution is -0.128. The summed E-state index contributed by atoms with van der Waals surface area (Å²) in [5, 5.41) is 0. The average molecular weight is 263 g/mol. The fraction of sp³-hybridized carbons (Fsp3) is 0.600. The second kappa shape index (κ2) is 5.70. The number of aromatic nitrogens is 1. The van der Waals surface area contributed by atoms with Crippen LogP contribution >= 0.6 is 0 Å². The van der Waals surface area contributed by atoms with Crippen LogP contribution < -0.4 is 4.74 Å². The zero-order chi connectivity index (χ0) is 14.0. The van der Waals surface area contributed by atoms with Gasteiger partial charge in [0, 0.05) is 23.9 Å². The predicted octanol–water partition coefficient (Wildman–Crippen LogP) is 2.24. The predicted molar refractivity (Wildman–Crippen MR) is 72.5 cm³/mol. The normalized spacial score (nSPS) is 22.5. The molecule has 2 rings (SSSR count). The fourth-order valence-electron chi connectivity index (χ4n) is 2.62. The van der Waals surface area contributed by atoms with E-state index in [1.807, 2.05) is 13.8 Å². The molecule has 1 saturated heterocycles. The summed E-state index contributed by atoms with van der Waals surface area (Å²) < 4.78 is 10.9. The molecule has 0 spiro atoms. The summed E-state index contributed by atoms with van der Waals surface area (Å²) in [5.74, 6) is 1.24. The molecule has 0 N–H and O–H groups in total. The lowest BCUT2D eigenvalue weighted by Gasteiger charge is -2.15. The van der Waals surface area contributed by atoms with Crippen LogP contribution in [0, 0.1) is 19.8 Å². The van der Waals surface area contributed by atoms with Crippen LogP contribution in [0.5, 0.6) is 5.75 Å². The number of nitrogens with zero attached hydrogens (tertiary/aromatic N) is 1. The number of ketones is 1. The summed E-state index contributed by atoms with van der Waals surface area (Å²) in [6.45, 7) is 6.64. The van der Waals surface area contributed by atoms with E-state index in [0.717, 1.165) is 29.0 Å². The maximum atomic E-state index is 12.3. The quantitative estimate of drug-likeness (QED) is 0.836. The molecule has 0 radical (unpaired) electrons. The zero-order valence-corrected chi connectivity index (χ0v) is 12.0. The highest BCUT2D eigenvalue weighted by atomic mass is 16.5. The molecule has 2 unspecified atom stereocenters. The van der Waals surface area contributed by atoms with Crippen molar-refractivity contribution in [3.05, 3.63) is 23.0 Å². The third kappa shape index (κ3) is 2.78. The van der Waals surface area contributed by atoms with E-state index in [-0.39, 0.29) is 11.9 Å². The van der Waals surface area contributed by atoms with Crippen molar-refractivity contribution in [3.8, 4) is 5.75 Å². The smallest absolute Gasteiger partial charge is 0.167 e. The van der Waals surface area contributed by atoms with Gasteiger partial charge in [0.1, 0.15) is 11.9 Å². The third-order valence-corrected chi connectivity index (χ3v) is 3.80. The monoisotopic (exact) mass is 263 g/mol. The molecule has 1 aromatic heterocycles. The van der Waals surface area contributed by atoms with Crippen molar-refractivity contribution >= 4 is 5.78 Å². The van der Waals surface area contributed by atoms with Crippen molar-refractivity contribution in [2.24, 2.45) is 5.92 Å². The van der Waals surface area contributed by atoms with Crippen molar-refractivity contribution in [2.45, 2.75) is 39.7 Å². The van der Waals surface area contributed by atoms with Gasteiger partial charge >= 0.3 is 0 Å². The highest BCUT2D eigenvalue weighted by Gasteiger charge is 2.31. The summed E-state index contributed by atoms with van der Waals surface area (Å²) >= 11 is 0. The molecule has 0 bridgehead atoms. The molecule has 0 aromatic carbocycles. The number of Topliss-reactive ketones (excluding diaryl/α,β-unsaturated/α-hetero) is 1. The van der Waals surface area contributed by atoms with Crippen molar-refractivity contribution in [1.82, 2.24) is 4.98 Å². The van der Waals surface area contributed by atoms with Crippen LogP contribution in [0.4, 0.5) is 0 Å². The Morgan fingerprint density at radius 2 is 2.26 bits per heavy atom. The van der Waals surface area contributed by atoms with Crippen LogP contribution in [0.1, 0.15) is 30.2 Å². The molecule has 1 aliphatic rings. The Kier molecular flexibility index (Phi) is 4.20. The molecular weight excluding hydrogens is 242 g/mol. The first-order valence-electron chi connectivity index (χ1n) is 6.68. The molecular formula is C15H21NO3. The number of rotatable bonds is 4. The van der Waals surface area contributed by atoms with Crippen LogP contribution in [0.2, 0.25) is 0 Å². The number of carbonyl (C=O) groups excluding carboxylic acids is 1. The summed E-state index contributed by atoms with van der Waals surface area (Å²) in [7, 11) is 1.64. The van der Waals surface area contributed by atoms with E-state index in [9.17, 15) is 4.79 Å². The SMILES string of the molecule is COc1c(C)cnc(CC(=O)C2OCCC2C)c1C. The van der Waals surface area contributed by atoms with Gasteiger partial charge in [-0.05, 0) is 26.2 Å². The maximum absolute atomic E-state index is 12.3. The van der Waals surface area contributed by atoms with Gasteiger partial charge in [-0.3, -0.25) is 9.78 Å². The number of hydrogen-bond acceptors (Lipinski definition) is 4. The van der Waals surface area contributed by atoms with E-state index in [2.05, 4.69) is 11.9 Å². The van der Waals surface area contributed by atoms with Crippen LogP contribution in [0.15, 0.2) is 6.20 Å². The molecule has 19 heavy (non-hydrogen) atoms. The first kappa shape index (κ1) is 14.0. The van der Waals surface area contributed by atoms with Gasteiger partial charge in [0.25, 0.3) is 0 Å². The summed E-state index contributed by atoms with van der Waals surface area (Å²) in [6, 6.07) is 0. The number of methoxy groups -OCH3 is 1. The Morgan fingerprint density at radius 3 is 2.84 bits per heavy atom. The van der Waals surface area contributed by atoms with Crippen LogP contribution in [0.3, 0.4) is 0 Å². The Hall–Kier alpha value is -1.42. The standard InChI is InChI=1S/C15H21NO3/c1-9-5-6-19-15(9)13(17)7-12-11(3)14(18-4)10(2)8-16-12/h8-9,15H,5-7H2,1-4H3. The van der Waals surface area contributed by atoms with Gasteiger partial charge in [-0.25, -0.2) is 0 Å². The Labute approximate surface area is 114 Å². The van der Waals surface area contributed by atoms with Gasteiger partial charge in [-0.1, -0.05) is 6.92 Å². The van der Waals surface area contributed by atoms with Crippen molar-refractivity contribution in [2.75, 3.05) is 13.7 Å². The molecule has 0 aliphatic carbocycles. The second-order valence-electron chi connectivity index (χ2n) is 5.25.